The summed E-state index contributed by atoms with van der Waals surface area (Å²) in [5.41, 5.74) is 1.50. The van der Waals surface area contributed by atoms with Gasteiger partial charge in [-0.15, -0.1) is 0 Å². The molecule has 2 aliphatic heterocycles. The second-order valence-corrected chi connectivity index (χ2v) is 11.2. The largest absolute Gasteiger partial charge is 0.393 e. The number of fused-ring (bicyclic) bond motifs is 1. The Hall–Kier alpha value is -2.33. The lowest BCUT2D eigenvalue weighted by molar-refractivity contribution is 0.102. The highest BCUT2D eigenvalue weighted by atomic mass is 35.5. The van der Waals surface area contributed by atoms with Crippen molar-refractivity contribution in [2.24, 2.45) is 10.9 Å². The third-order valence-corrected chi connectivity index (χ3v) is 8.40. The molecule has 1 saturated heterocycles. The molecular weight excluding hydrogens is 481 g/mol. The van der Waals surface area contributed by atoms with Crippen molar-refractivity contribution in [3.05, 3.63) is 52.3 Å². The number of rotatable bonds is 4. The molecule has 7 nitrogen and oxygen atoms in total. The van der Waals surface area contributed by atoms with E-state index in [0.717, 1.165) is 12.5 Å². The monoisotopic (exact) mass is 507 g/mol. The summed E-state index contributed by atoms with van der Waals surface area (Å²) in [4.78, 5) is 17.6. The van der Waals surface area contributed by atoms with Gasteiger partial charge >= 0.3 is 0 Å². The number of nitrogens with zero attached hydrogens (tertiary/aromatic N) is 2. The van der Waals surface area contributed by atoms with Crippen molar-refractivity contribution in [3.63, 3.8) is 0 Å². The highest BCUT2D eigenvalue weighted by Crippen LogP contribution is 2.36. The van der Waals surface area contributed by atoms with E-state index >= 15 is 0 Å². The fraction of sp³-hybridized carbons (Fsp3) is 0.417. The molecule has 0 aromatic heterocycles. The summed E-state index contributed by atoms with van der Waals surface area (Å²) in [6.45, 7) is 2.49. The third kappa shape index (κ3) is 5.33. The van der Waals surface area contributed by atoms with Gasteiger partial charge in [0.2, 0.25) is 10.0 Å². The summed E-state index contributed by atoms with van der Waals surface area (Å²) < 4.78 is 42.3. The second-order valence-electron chi connectivity index (χ2n) is 8.85. The zero-order chi connectivity index (χ0) is 24.5. The van der Waals surface area contributed by atoms with Gasteiger partial charge in [0.05, 0.1) is 16.8 Å². The third-order valence-electron chi connectivity index (χ3n) is 6.20. The molecule has 0 saturated carbocycles. The van der Waals surface area contributed by atoms with Crippen molar-refractivity contribution in [2.45, 2.75) is 50.0 Å². The number of aliphatic imine (C=N–C) groups is 1. The normalized spacial score (nSPS) is 21.4. The fourth-order valence-corrected chi connectivity index (χ4v) is 6.08. The van der Waals surface area contributed by atoms with E-state index in [1.807, 2.05) is 6.92 Å². The van der Waals surface area contributed by atoms with Crippen LogP contribution in [0.5, 0.6) is 0 Å². The maximum atomic E-state index is 13.7. The van der Waals surface area contributed by atoms with E-state index in [1.54, 1.807) is 12.3 Å². The van der Waals surface area contributed by atoms with Gasteiger partial charge in [-0.05, 0) is 73.9 Å². The molecule has 0 bridgehead atoms. The number of benzene rings is 2. The number of sulfonamides is 1. The van der Waals surface area contributed by atoms with E-state index in [2.05, 4.69) is 10.3 Å². The average Bonchev–Trinajstić information content (AvgIpc) is 3.13. The molecule has 2 N–H and O–H groups in total. The predicted octanol–water partition coefficient (Wildman–Crippen LogP) is 4.55. The molecule has 2 aliphatic rings. The predicted molar refractivity (Wildman–Crippen MR) is 130 cm³/mol. The Morgan fingerprint density at radius 2 is 2.00 bits per heavy atom. The van der Waals surface area contributed by atoms with E-state index in [4.69, 9.17) is 11.6 Å². The van der Waals surface area contributed by atoms with Crippen LogP contribution < -0.4 is 5.32 Å². The van der Waals surface area contributed by atoms with Crippen LogP contribution in [0.15, 0.2) is 40.2 Å². The van der Waals surface area contributed by atoms with Gasteiger partial charge in [0.1, 0.15) is 10.7 Å². The van der Waals surface area contributed by atoms with Gasteiger partial charge < -0.3 is 10.4 Å². The summed E-state index contributed by atoms with van der Waals surface area (Å²) in [5, 5.41) is 12.5. The smallest absolute Gasteiger partial charge is 0.255 e. The molecule has 2 heterocycles. The topological polar surface area (TPSA) is 99.1 Å². The molecule has 182 valence electrons. The molecule has 1 amide bonds. The number of aliphatic hydroxyl groups excluding tert-OH is 1. The first kappa shape index (κ1) is 24.8. The number of amides is 1. The van der Waals surface area contributed by atoms with Gasteiger partial charge in [-0.1, -0.05) is 18.5 Å². The van der Waals surface area contributed by atoms with Gasteiger partial charge in [-0.25, -0.2) is 12.8 Å². The standard InChI is InChI=1S/C24H27ClFN3O4S/c1-15-4-5-16-11-17(24(31)28-18-6-7-21(26)20(25)13-18)12-22(23(16)27-14-15)34(32,33)29-9-2-3-19(30)8-10-29/h6-7,11-15,19,30H,2-5,8-10H2,1H3,(H,28,31). The maximum absolute atomic E-state index is 13.7. The van der Waals surface area contributed by atoms with Gasteiger partial charge in [0, 0.05) is 30.6 Å². The first-order chi connectivity index (χ1) is 16.1. The van der Waals surface area contributed by atoms with Crippen LogP contribution in [0, 0.1) is 11.7 Å². The van der Waals surface area contributed by atoms with Crippen molar-refractivity contribution < 1.29 is 22.7 Å². The second kappa shape index (κ2) is 10.1. The van der Waals surface area contributed by atoms with Crippen molar-refractivity contribution in [2.75, 3.05) is 18.4 Å². The summed E-state index contributed by atoms with van der Waals surface area (Å²) >= 11 is 5.82. The molecule has 0 aliphatic carbocycles. The molecule has 0 radical (unpaired) electrons. The van der Waals surface area contributed by atoms with Gasteiger partial charge in [-0.2, -0.15) is 4.31 Å². The molecule has 10 heteroatoms. The number of halogens is 2. The van der Waals surface area contributed by atoms with Crippen LogP contribution in [0.3, 0.4) is 0 Å². The minimum atomic E-state index is -3.97. The minimum absolute atomic E-state index is 0.0194. The Balaban J connectivity index is 1.75. The van der Waals surface area contributed by atoms with Crippen LogP contribution in [0.25, 0.3) is 0 Å². The van der Waals surface area contributed by atoms with Crippen molar-refractivity contribution >= 4 is 45.1 Å². The molecule has 34 heavy (non-hydrogen) atoms. The molecule has 1 fully saturated rings. The number of carbonyl (C=O) groups is 1. The van der Waals surface area contributed by atoms with Crippen molar-refractivity contribution in [1.29, 1.82) is 0 Å². The minimum Gasteiger partial charge on any atom is -0.393 e. The SMILES string of the molecule is CC1C=Nc2c(cc(C(=O)Nc3ccc(F)c(Cl)c3)cc2S(=O)(=O)N2CCCC(O)CC2)CC1. The maximum Gasteiger partial charge on any atom is 0.255 e. The molecular formula is C24H27ClFN3O4S. The zero-order valence-electron chi connectivity index (χ0n) is 18.8. The fourth-order valence-electron chi connectivity index (χ4n) is 4.20. The average molecular weight is 508 g/mol. The number of hydrogen-bond acceptors (Lipinski definition) is 5. The quantitative estimate of drug-likeness (QED) is 0.634. The molecule has 2 unspecified atom stereocenters. The summed E-state index contributed by atoms with van der Waals surface area (Å²) in [5.74, 6) is -0.975. The van der Waals surface area contributed by atoms with E-state index in [0.29, 0.717) is 49.2 Å². The summed E-state index contributed by atoms with van der Waals surface area (Å²) in [7, 11) is -3.97. The summed E-state index contributed by atoms with van der Waals surface area (Å²) in [6.07, 6.45) is 4.00. The summed E-state index contributed by atoms with van der Waals surface area (Å²) in [6, 6.07) is 6.84. The number of anilines is 1. The van der Waals surface area contributed by atoms with Gasteiger partial charge in [0.25, 0.3) is 5.91 Å². The highest BCUT2D eigenvalue weighted by molar-refractivity contribution is 7.89. The van der Waals surface area contributed by atoms with E-state index in [-0.39, 0.29) is 27.9 Å². The van der Waals surface area contributed by atoms with E-state index in [1.165, 1.54) is 22.5 Å². The Morgan fingerprint density at radius 3 is 2.76 bits per heavy atom. The van der Waals surface area contributed by atoms with Crippen LogP contribution in [0.1, 0.15) is 48.5 Å². The molecule has 2 aromatic carbocycles. The van der Waals surface area contributed by atoms with Crippen LogP contribution in [-0.4, -0.2) is 49.1 Å². The van der Waals surface area contributed by atoms with Crippen LogP contribution in [0.4, 0.5) is 15.8 Å². The van der Waals surface area contributed by atoms with Crippen molar-refractivity contribution in [3.8, 4) is 0 Å². The Kier molecular flexibility index (Phi) is 7.37. The van der Waals surface area contributed by atoms with Gasteiger partial charge in [0.15, 0.2) is 0 Å². The van der Waals surface area contributed by atoms with Crippen LogP contribution >= 0.6 is 11.6 Å². The zero-order valence-corrected chi connectivity index (χ0v) is 20.4. The van der Waals surface area contributed by atoms with Gasteiger partial charge in [-0.3, -0.25) is 9.79 Å². The first-order valence-electron chi connectivity index (χ1n) is 11.3. The van der Waals surface area contributed by atoms with Crippen LogP contribution in [-0.2, 0) is 16.4 Å². The Morgan fingerprint density at radius 1 is 1.21 bits per heavy atom. The molecule has 2 atom stereocenters. The Bertz CT molecular complexity index is 1230. The molecule has 2 aromatic rings. The van der Waals surface area contributed by atoms with Crippen LogP contribution in [0.2, 0.25) is 5.02 Å². The number of aliphatic hydroxyl groups is 1. The molecule has 0 spiro atoms. The van der Waals surface area contributed by atoms with E-state index < -0.39 is 27.9 Å². The number of aryl methyl sites for hydroxylation is 1. The van der Waals surface area contributed by atoms with Crippen molar-refractivity contribution in [1.82, 2.24) is 4.31 Å². The lowest BCUT2D eigenvalue weighted by atomic mass is 10.0. The molecule has 4 rings (SSSR count). The Labute approximate surface area is 203 Å². The number of carbonyl (C=O) groups excluding carboxylic acids is 1. The lowest BCUT2D eigenvalue weighted by Crippen LogP contribution is -2.32. The highest BCUT2D eigenvalue weighted by Gasteiger charge is 2.32. The lowest BCUT2D eigenvalue weighted by Gasteiger charge is -2.22. The first-order valence-corrected chi connectivity index (χ1v) is 13.1. The number of hydrogen-bond donors (Lipinski definition) is 2. The number of nitrogens with one attached hydrogen (secondary N) is 1. The van der Waals surface area contributed by atoms with E-state index in [9.17, 15) is 22.7 Å².